The van der Waals surface area contributed by atoms with E-state index < -0.39 is 11.7 Å². The Hall–Kier alpha value is -1.88. The Morgan fingerprint density at radius 1 is 1.35 bits per heavy atom. The molecule has 2 heterocycles. The Kier molecular flexibility index (Phi) is 3.44. The van der Waals surface area contributed by atoms with Crippen LogP contribution in [0.15, 0.2) is 18.2 Å². The number of rotatable bonds is 3. The van der Waals surface area contributed by atoms with E-state index in [2.05, 4.69) is 0 Å². The summed E-state index contributed by atoms with van der Waals surface area (Å²) >= 11 is 0. The van der Waals surface area contributed by atoms with Crippen molar-refractivity contribution in [2.75, 3.05) is 25.2 Å². The maximum absolute atomic E-state index is 12.1. The van der Waals surface area contributed by atoms with Gasteiger partial charge in [-0.05, 0) is 37.5 Å². The van der Waals surface area contributed by atoms with Gasteiger partial charge in [0.05, 0.1) is 31.0 Å². The highest BCUT2D eigenvalue weighted by molar-refractivity contribution is 6.52. The highest BCUT2D eigenvalue weighted by Crippen LogP contribution is 2.32. The van der Waals surface area contributed by atoms with Gasteiger partial charge in [-0.2, -0.15) is 0 Å². The molecule has 1 fully saturated rings. The second-order valence-electron chi connectivity index (χ2n) is 5.12. The lowest BCUT2D eigenvalue weighted by atomic mass is 10.1. The van der Waals surface area contributed by atoms with Crippen LogP contribution in [-0.4, -0.2) is 38.1 Å². The van der Waals surface area contributed by atoms with Crippen LogP contribution in [0.3, 0.4) is 0 Å². The maximum atomic E-state index is 12.1. The lowest BCUT2D eigenvalue weighted by molar-refractivity contribution is -0.114. The van der Waals surface area contributed by atoms with Crippen molar-refractivity contribution in [2.24, 2.45) is 0 Å². The molecule has 5 nitrogen and oxygen atoms in total. The summed E-state index contributed by atoms with van der Waals surface area (Å²) in [5.41, 5.74) is 1.08. The minimum absolute atomic E-state index is 0.0218. The highest BCUT2D eigenvalue weighted by Gasteiger charge is 2.37. The molecule has 1 aromatic carbocycles. The second kappa shape index (κ2) is 5.25. The highest BCUT2D eigenvalue weighted by atomic mass is 16.5. The van der Waals surface area contributed by atoms with E-state index in [9.17, 15) is 9.59 Å². The number of benzene rings is 1. The van der Waals surface area contributed by atoms with Crippen LogP contribution >= 0.6 is 0 Å². The quantitative estimate of drug-likeness (QED) is 0.789. The molecule has 0 aliphatic carbocycles. The van der Waals surface area contributed by atoms with Crippen molar-refractivity contribution in [3.05, 3.63) is 23.8 Å². The molecule has 2 aliphatic heterocycles. The summed E-state index contributed by atoms with van der Waals surface area (Å²) in [7, 11) is 1.54. The number of ether oxygens (including phenoxy) is 2. The van der Waals surface area contributed by atoms with Gasteiger partial charge in [0.2, 0.25) is 0 Å². The van der Waals surface area contributed by atoms with E-state index in [0.717, 1.165) is 25.9 Å². The second-order valence-corrected chi connectivity index (χ2v) is 5.12. The van der Waals surface area contributed by atoms with Crippen LogP contribution in [0.1, 0.15) is 29.6 Å². The zero-order valence-corrected chi connectivity index (χ0v) is 11.4. The van der Waals surface area contributed by atoms with Gasteiger partial charge in [0.25, 0.3) is 11.7 Å². The fourth-order valence-corrected chi connectivity index (χ4v) is 2.74. The van der Waals surface area contributed by atoms with Gasteiger partial charge in [-0.25, -0.2) is 0 Å². The number of Topliss-reactive ketones (excluding diaryl/α,β-unsaturated/α-hetero) is 1. The zero-order chi connectivity index (χ0) is 14.1. The van der Waals surface area contributed by atoms with Crippen LogP contribution in [0.5, 0.6) is 5.75 Å². The maximum Gasteiger partial charge on any atom is 0.299 e. The van der Waals surface area contributed by atoms with Crippen LogP contribution in [0, 0.1) is 0 Å². The van der Waals surface area contributed by atoms with Crippen molar-refractivity contribution in [1.82, 2.24) is 0 Å². The Balaban J connectivity index is 1.86. The first-order valence-electron chi connectivity index (χ1n) is 6.86. The molecule has 2 aliphatic rings. The smallest absolute Gasteiger partial charge is 0.299 e. The number of methoxy groups -OCH3 is 1. The van der Waals surface area contributed by atoms with Gasteiger partial charge >= 0.3 is 0 Å². The van der Waals surface area contributed by atoms with E-state index in [1.54, 1.807) is 18.2 Å². The van der Waals surface area contributed by atoms with Gasteiger partial charge < -0.3 is 14.4 Å². The lowest BCUT2D eigenvalue weighted by Gasteiger charge is -2.27. The molecule has 5 heteroatoms. The summed E-state index contributed by atoms with van der Waals surface area (Å²) in [6.07, 6.45) is 3.13. The van der Waals surface area contributed by atoms with E-state index >= 15 is 0 Å². The third-order valence-electron chi connectivity index (χ3n) is 3.84. The standard InChI is InChI=1S/C15H17NO4/c1-19-10-5-6-13-12(8-10)14(17)15(18)16(13)9-11-4-2-3-7-20-11/h5-6,8,11H,2-4,7,9H2,1H3/t11-/m0/s1. The van der Waals surface area contributed by atoms with Crippen molar-refractivity contribution >= 4 is 17.4 Å². The molecule has 1 saturated heterocycles. The van der Waals surface area contributed by atoms with Crippen LogP contribution in [0.25, 0.3) is 0 Å². The molecule has 1 atom stereocenters. The predicted octanol–water partition coefficient (Wildman–Crippen LogP) is 1.79. The van der Waals surface area contributed by atoms with E-state index in [4.69, 9.17) is 9.47 Å². The molecule has 1 aromatic rings. The summed E-state index contributed by atoms with van der Waals surface area (Å²) in [4.78, 5) is 25.7. The molecule has 0 spiro atoms. The van der Waals surface area contributed by atoms with E-state index in [-0.39, 0.29) is 6.10 Å². The Labute approximate surface area is 117 Å². The third kappa shape index (κ3) is 2.18. The van der Waals surface area contributed by atoms with Crippen molar-refractivity contribution < 1.29 is 19.1 Å². The minimum atomic E-state index is -0.470. The summed E-state index contributed by atoms with van der Waals surface area (Å²) in [6, 6.07) is 5.15. The number of nitrogens with zero attached hydrogens (tertiary/aromatic N) is 1. The summed E-state index contributed by atoms with van der Waals surface area (Å²) in [5.74, 6) is -0.349. The van der Waals surface area contributed by atoms with Gasteiger partial charge in [-0.15, -0.1) is 0 Å². The molecule has 1 amide bonds. The Morgan fingerprint density at radius 3 is 2.90 bits per heavy atom. The number of carbonyl (C=O) groups is 2. The molecular formula is C15H17NO4. The number of hydrogen-bond donors (Lipinski definition) is 0. The number of anilines is 1. The first-order valence-corrected chi connectivity index (χ1v) is 6.86. The average Bonchev–Trinajstić information content (AvgIpc) is 2.73. The fourth-order valence-electron chi connectivity index (χ4n) is 2.74. The summed E-state index contributed by atoms with van der Waals surface area (Å²) < 4.78 is 10.8. The number of ketones is 1. The summed E-state index contributed by atoms with van der Waals surface area (Å²) in [5, 5.41) is 0. The molecule has 0 bridgehead atoms. The van der Waals surface area contributed by atoms with Crippen molar-refractivity contribution in [2.45, 2.75) is 25.4 Å². The van der Waals surface area contributed by atoms with Crippen LogP contribution in [0.2, 0.25) is 0 Å². The SMILES string of the molecule is COc1ccc2c(c1)C(=O)C(=O)N2C[C@@H]1CCCCO1. The average molecular weight is 275 g/mol. The van der Waals surface area contributed by atoms with Gasteiger partial charge in [0.1, 0.15) is 5.75 Å². The van der Waals surface area contributed by atoms with Crippen molar-refractivity contribution in [3.8, 4) is 5.75 Å². The molecule has 0 saturated carbocycles. The molecule has 3 rings (SSSR count). The molecule has 20 heavy (non-hydrogen) atoms. The Bertz CT molecular complexity index is 549. The number of fused-ring (bicyclic) bond motifs is 1. The van der Waals surface area contributed by atoms with Crippen LogP contribution in [0.4, 0.5) is 5.69 Å². The monoisotopic (exact) mass is 275 g/mol. The fraction of sp³-hybridized carbons (Fsp3) is 0.467. The molecule has 0 aromatic heterocycles. The lowest BCUT2D eigenvalue weighted by Crippen LogP contribution is -2.39. The Morgan fingerprint density at radius 2 is 2.20 bits per heavy atom. The van der Waals surface area contributed by atoms with Crippen LogP contribution in [-0.2, 0) is 9.53 Å². The number of carbonyl (C=O) groups excluding carboxylic acids is 2. The van der Waals surface area contributed by atoms with Gasteiger partial charge in [0.15, 0.2) is 0 Å². The number of amides is 1. The normalized spacial score (nSPS) is 22.1. The first kappa shape index (κ1) is 13.1. The molecule has 0 N–H and O–H groups in total. The van der Waals surface area contributed by atoms with E-state index in [1.807, 2.05) is 0 Å². The summed E-state index contributed by atoms with van der Waals surface area (Å²) in [6.45, 7) is 1.18. The number of hydrogen-bond acceptors (Lipinski definition) is 4. The molecular weight excluding hydrogens is 258 g/mol. The van der Waals surface area contributed by atoms with E-state index in [1.165, 1.54) is 12.0 Å². The van der Waals surface area contributed by atoms with Gasteiger partial charge in [-0.1, -0.05) is 0 Å². The van der Waals surface area contributed by atoms with Crippen molar-refractivity contribution in [1.29, 1.82) is 0 Å². The topological polar surface area (TPSA) is 55.8 Å². The molecule has 0 radical (unpaired) electrons. The minimum Gasteiger partial charge on any atom is -0.497 e. The molecule has 0 unspecified atom stereocenters. The third-order valence-corrected chi connectivity index (χ3v) is 3.84. The van der Waals surface area contributed by atoms with Gasteiger partial charge in [0, 0.05) is 6.61 Å². The van der Waals surface area contributed by atoms with Crippen molar-refractivity contribution in [3.63, 3.8) is 0 Å². The first-order chi connectivity index (χ1) is 9.70. The largest absolute Gasteiger partial charge is 0.497 e. The van der Waals surface area contributed by atoms with E-state index in [0.29, 0.717) is 23.5 Å². The van der Waals surface area contributed by atoms with Crippen LogP contribution < -0.4 is 9.64 Å². The zero-order valence-electron chi connectivity index (χ0n) is 11.4. The predicted molar refractivity (Wildman–Crippen MR) is 73.3 cm³/mol. The molecule has 106 valence electrons. The van der Waals surface area contributed by atoms with Gasteiger partial charge in [-0.3, -0.25) is 9.59 Å².